The van der Waals surface area contributed by atoms with Crippen LogP contribution in [0.3, 0.4) is 0 Å². The maximum Gasteiger partial charge on any atom is 0.224 e. The molecular formula is C109H125FN6O3. The van der Waals surface area contributed by atoms with E-state index in [1.807, 2.05) is 63.6 Å². The van der Waals surface area contributed by atoms with Crippen molar-refractivity contribution in [2.24, 2.45) is 0 Å². The van der Waals surface area contributed by atoms with Crippen molar-refractivity contribution in [1.29, 1.82) is 0 Å². The number of aromatic nitrogens is 6. The van der Waals surface area contributed by atoms with E-state index < -0.39 is 0 Å². The van der Waals surface area contributed by atoms with Crippen LogP contribution in [-0.4, -0.2) is 47.5 Å². The highest BCUT2D eigenvalue weighted by Gasteiger charge is 2.16. The molecule has 0 radical (unpaired) electrons. The normalized spacial score (nSPS) is 10.8. The van der Waals surface area contributed by atoms with Gasteiger partial charge in [-0.3, -0.25) is 9.97 Å². The minimum Gasteiger partial charge on any atom is -0.480 e. The molecule has 0 saturated carbocycles. The van der Waals surface area contributed by atoms with Crippen molar-refractivity contribution in [2.75, 3.05) is 7.11 Å². The second kappa shape index (κ2) is 45.9. The quantitative estimate of drug-likeness (QED) is 0.0916. The number of aliphatic hydroxyl groups is 2. The highest BCUT2D eigenvalue weighted by molar-refractivity contribution is 5.72. The van der Waals surface area contributed by atoms with Gasteiger partial charge in [-0.2, -0.15) is 15.2 Å². The number of hydrogen-bond donors (Lipinski definition) is 2. The van der Waals surface area contributed by atoms with Crippen molar-refractivity contribution >= 4 is 0 Å². The molecule has 10 heteroatoms. The largest absolute Gasteiger partial charge is 0.480 e. The average molecular weight is 1590 g/mol. The van der Waals surface area contributed by atoms with E-state index in [-0.39, 0.29) is 24.9 Å². The molecule has 14 rings (SSSR count). The van der Waals surface area contributed by atoms with Crippen molar-refractivity contribution in [3.8, 4) is 83.8 Å². The molecule has 0 atom stereocenters. The Labute approximate surface area is 711 Å². The van der Waals surface area contributed by atoms with Gasteiger partial charge in [0.05, 0.1) is 43.0 Å². The van der Waals surface area contributed by atoms with Crippen molar-refractivity contribution < 1.29 is 19.3 Å². The highest BCUT2D eigenvalue weighted by Crippen LogP contribution is 2.34. The fourth-order valence-electron chi connectivity index (χ4n) is 13.3. The summed E-state index contributed by atoms with van der Waals surface area (Å²) < 4.78 is 19.5. The van der Waals surface area contributed by atoms with Crippen LogP contribution in [0.5, 0.6) is 5.88 Å². The number of halogens is 1. The fraction of sp³-hybridized carbons (Fsp3) is 0.284. The molecule has 0 aliphatic rings. The van der Waals surface area contributed by atoms with Crippen molar-refractivity contribution in [3.05, 3.63) is 375 Å². The Kier molecular flexibility index (Phi) is 35.8. The summed E-state index contributed by atoms with van der Waals surface area (Å²) in [6, 6.07) is 89.1. The molecule has 0 bridgehead atoms. The molecule has 10 aromatic carbocycles. The van der Waals surface area contributed by atoms with Crippen LogP contribution in [0, 0.1) is 54.3 Å². The van der Waals surface area contributed by atoms with E-state index in [1.165, 1.54) is 112 Å². The van der Waals surface area contributed by atoms with E-state index in [2.05, 4.69) is 360 Å². The molecule has 119 heavy (non-hydrogen) atoms. The van der Waals surface area contributed by atoms with E-state index in [1.54, 1.807) is 32.4 Å². The number of nitrogens with zero attached hydrogens (tertiary/aromatic N) is 6. The summed E-state index contributed by atoms with van der Waals surface area (Å²) in [5, 5.41) is 26.3. The molecule has 9 nitrogen and oxygen atoms in total. The first kappa shape index (κ1) is 92.8. The Bertz CT molecular complexity index is 5420. The van der Waals surface area contributed by atoms with Crippen molar-refractivity contribution in [2.45, 2.75) is 200 Å². The molecule has 14 aromatic rings. The molecule has 0 amide bonds. The van der Waals surface area contributed by atoms with E-state index >= 15 is 0 Å². The van der Waals surface area contributed by atoms with Gasteiger partial charge in [0.15, 0.2) is 0 Å². The molecule has 2 N–H and O–H groups in total. The summed E-state index contributed by atoms with van der Waals surface area (Å²) in [6.45, 7) is 44.6. The minimum absolute atomic E-state index is 0.0257. The maximum atomic E-state index is 14.2. The lowest BCUT2D eigenvalue weighted by Crippen LogP contribution is -2.00. The fourth-order valence-corrected chi connectivity index (χ4v) is 13.3. The van der Waals surface area contributed by atoms with Gasteiger partial charge in [-0.15, -0.1) is 0 Å². The molecule has 4 aromatic heterocycles. The molecule has 0 fully saturated rings. The Balaban J connectivity index is 0.000000173. The molecule has 0 aliphatic heterocycles. The summed E-state index contributed by atoms with van der Waals surface area (Å²) in [5.41, 5.74) is 33.0. The molecule has 0 aliphatic carbocycles. The molecule has 0 spiro atoms. The standard InChI is InChI=1S/C17H20.2C16H18.C15H17FN2O.C15H18N2O.C15H17NO.C15H17N/c1-12(2)15-7-9-16(10-8-15)17-11-13(3)5-6-14(17)4;1-12(2)14-8-10-16(11-9-14)15-6-4-13(3)5-7-15;1-12(2)14-7-9-15(10-8-14)16-6-4-5-13(3)11-16;1-9(2)11-4-5-12(14(16)7-11)13-6-10(3)17-18-15(13)8-19;1-10(2)12-5-7-13(8-6-12)14-9-16-11(3)17-15(14)18-4;1-11(2)12-5-7-13(8-6-12)14-4-3-9-16-15(14)10-17;1-11(2)13-4-6-14(7-5-13)15-10-16-9-8-12(15)3/h5-12H,1-4H3;2*4-12H,1-3H3;4-7,9,19H,8H2,1-3H3;5-10H,1-4H3;3-9,11,17H,10H2,1-2H3;4-11H,1-3H3. The molecule has 0 saturated heterocycles. The predicted molar refractivity (Wildman–Crippen MR) is 500 cm³/mol. The van der Waals surface area contributed by atoms with Gasteiger partial charge in [-0.25, -0.2) is 9.37 Å². The zero-order valence-electron chi connectivity index (χ0n) is 74.4. The SMILES string of the molecule is CC(C)c1ccc(-c2cccnc2CO)cc1.COc1nc(C)ncc1-c1ccc(C(C)C)cc1.Cc1cc(-c2ccc(C(C)C)cc2F)c(CO)nn1.Cc1ccc(-c2ccc(C(C)C)cc2)cc1.Cc1ccc(C)c(-c2ccc(C(C)C)cc2)c1.Cc1cccc(-c2ccc(C(C)C)cc2)c1.Cc1ccncc1-c1ccc(C(C)C)cc1. The van der Waals surface area contributed by atoms with Crippen LogP contribution in [-0.2, 0) is 13.2 Å². The van der Waals surface area contributed by atoms with Crippen molar-refractivity contribution in [3.63, 3.8) is 0 Å². The lowest BCUT2D eigenvalue weighted by molar-refractivity contribution is 0.276. The van der Waals surface area contributed by atoms with Gasteiger partial charge in [-0.1, -0.05) is 344 Å². The lowest BCUT2D eigenvalue weighted by atomic mass is 9.95. The number of rotatable bonds is 17. The third-order valence-corrected chi connectivity index (χ3v) is 21.1. The number of benzene rings is 10. The third-order valence-electron chi connectivity index (χ3n) is 21.1. The van der Waals surface area contributed by atoms with Gasteiger partial charge in [0.2, 0.25) is 5.88 Å². The first-order chi connectivity index (χ1) is 56.9. The smallest absolute Gasteiger partial charge is 0.224 e. The summed E-state index contributed by atoms with van der Waals surface area (Å²) >= 11 is 0. The van der Waals surface area contributed by atoms with Gasteiger partial charge < -0.3 is 14.9 Å². The molecular weight excluding hydrogens is 1460 g/mol. The minimum atomic E-state index is -0.298. The second-order valence-electron chi connectivity index (χ2n) is 32.8. The van der Waals surface area contributed by atoms with Crippen LogP contribution < -0.4 is 4.74 Å². The number of methoxy groups -OCH3 is 1. The zero-order chi connectivity index (χ0) is 86.4. The molecule has 0 unspecified atom stereocenters. The number of aliphatic hydroxyl groups excluding tert-OH is 2. The van der Waals surface area contributed by atoms with Gasteiger partial charge in [0.25, 0.3) is 0 Å². The number of hydrogen-bond acceptors (Lipinski definition) is 9. The lowest BCUT2D eigenvalue weighted by Gasteiger charge is -2.11. The van der Waals surface area contributed by atoms with Gasteiger partial charge >= 0.3 is 0 Å². The Morgan fingerprint density at radius 2 is 0.706 bits per heavy atom. The maximum absolute atomic E-state index is 14.2. The first-order valence-corrected chi connectivity index (χ1v) is 41.8. The van der Waals surface area contributed by atoms with E-state index in [9.17, 15) is 14.6 Å². The van der Waals surface area contributed by atoms with Gasteiger partial charge in [-0.05, 0) is 214 Å². The van der Waals surface area contributed by atoms with Crippen LogP contribution in [0.2, 0.25) is 0 Å². The van der Waals surface area contributed by atoms with Gasteiger partial charge in [0.1, 0.15) is 11.6 Å². The van der Waals surface area contributed by atoms with Crippen LogP contribution >= 0.6 is 0 Å². The zero-order valence-corrected chi connectivity index (χ0v) is 74.4. The predicted octanol–water partition coefficient (Wildman–Crippen LogP) is 29.0. The highest BCUT2D eigenvalue weighted by atomic mass is 19.1. The van der Waals surface area contributed by atoms with E-state index in [4.69, 9.17) is 4.74 Å². The van der Waals surface area contributed by atoms with Crippen LogP contribution in [0.1, 0.15) is 228 Å². The Hall–Kier alpha value is -11.7. The number of pyridine rings is 2. The van der Waals surface area contributed by atoms with Crippen LogP contribution in [0.4, 0.5) is 4.39 Å². The Morgan fingerprint density at radius 1 is 0.303 bits per heavy atom. The van der Waals surface area contributed by atoms with Crippen LogP contribution in [0.25, 0.3) is 77.9 Å². The van der Waals surface area contributed by atoms with E-state index in [0.717, 1.165) is 39.3 Å². The van der Waals surface area contributed by atoms with E-state index in [0.29, 0.717) is 63.9 Å². The summed E-state index contributed by atoms with van der Waals surface area (Å²) in [4.78, 5) is 16.9. The second-order valence-corrected chi connectivity index (χ2v) is 32.8. The topological polar surface area (TPSA) is 127 Å². The molecule has 4 heterocycles. The first-order valence-electron chi connectivity index (χ1n) is 41.8. The summed E-state index contributed by atoms with van der Waals surface area (Å²) in [7, 11) is 1.63. The Morgan fingerprint density at radius 3 is 1.14 bits per heavy atom. The monoisotopic (exact) mass is 1580 g/mol. The molecule has 616 valence electrons. The average Bonchev–Trinajstić information content (AvgIpc) is 0.819. The van der Waals surface area contributed by atoms with Crippen molar-refractivity contribution in [1.82, 2.24) is 30.1 Å². The third kappa shape index (κ3) is 27.7. The summed E-state index contributed by atoms with van der Waals surface area (Å²) in [6.07, 6.45) is 7.28. The number of aryl methyl sites for hydroxylation is 7. The number of ether oxygens (including phenoxy) is 1. The summed E-state index contributed by atoms with van der Waals surface area (Å²) in [5.74, 6) is 4.79. The van der Waals surface area contributed by atoms with Gasteiger partial charge in [0, 0.05) is 47.0 Å². The van der Waals surface area contributed by atoms with Crippen LogP contribution in [0.15, 0.2) is 280 Å².